The Labute approximate surface area is 85.2 Å². The number of hydrogen-bond acceptors (Lipinski definition) is 4. The largest absolute Gasteiger partial charge is 0.465 e. The molecule has 5 nitrogen and oxygen atoms in total. The van der Waals surface area contributed by atoms with Gasteiger partial charge in [0.2, 0.25) is 0 Å². The van der Waals surface area contributed by atoms with Gasteiger partial charge in [0.1, 0.15) is 6.54 Å². The number of aromatic nitrogens is 2. The predicted octanol–water partition coefficient (Wildman–Crippen LogP) is 0.460. The van der Waals surface area contributed by atoms with Crippen LogP contribution in [0.15, 0.2) is 17.1 Å². The maximum Gasteiger partial charge on any atom is 0.327 e. The van der Waals surface area contributed by atoms with E-state index in [-0.39, 0.29) is 18.2 Å². The van der Waals surface area contributed by atoms with Crippen molar-refractivity contribution in [1.29, 1.82) is 0 Å². The number of ether oxygens (including phenoxy) is 1. The van der Waals surface area contributed by atoms with Gasteiger partial charge in [-0.05, 0) is 6.92 Å². The van der Waals surface area contributed by atoms with Gasteiger partial charge in [-0.15, -0.1) is 0 Å². The third kappa shape index (κ3) is 2.85. The Morgan fingerprint density at radius 2 is 2.43 bits per heavy atom. The lowest BCUT2D eigenvalue weighted by Crippen LogP contribution is -2.26. The SMILES string of the molecule is CCOC(=O)Cn1ncc(Cl)cc1=O. The summed E-state index contributed by atoms with van der Waals surface area (Å²) in [6.07, 6.45) is 1.29. The van der Waals surface area contributed by atoms with Crippen molar-refractivity contribution >= 4 is 17.6 Å². The Morgan fingerprint density at radius 3 is 3.00 bits per heavy atom. The van der Waals surface area contributed by atoms with Gasteiger partial charge in [0.05, 0.1) is 17.8 Å². The van der Waals surface area contributed by atoms with Gasteiger partial charge in [0, 0.05) is 6.07 Å². The van der Waals surface area contributed by atoms with Crippen LogP contribution in [0, 0.1) is 0 Å². The minimum Gasteiger partial charge on any atom is -0.465 e. The second kappa shape index (κ2) is 4.76. The van der Waals surface area contributed by atoms with Crippen LogP contribution < -0.4 is 5.56 Å². The van der Waals surface area contributed by atoms with E-state index in [0.29, 0.717) is 0 Å². The molecule has 0 saturated carbocycles. The molecule has 1 aromatic heterocycles. The van der Waals surface area contributed by atoms with Gasteiger partial charge in [-0.3, -0.25) is 9.59 Å². The zero-order valence-electron chi connectivity index (χ0n) is 7.57. The lowest BCUT2D eigenvalue weighted by molar-refractivity contribution is -0.144. The number of hydrogen-bond donors (Lipinski definition) is 0. The molecule has 1 rings (SSSR count). The smallest absolute Gasteiger partial charge is 0.327 e. The maximum absolute atomic E-state index is 11.2. The summed E-state index contributed by atoms with van der Waals surface area (Å²) in [6, 6.07) is 1.19. The zero-order chi connectivity index (χ0) is 10.6. The molecule has 0 saturated heterocycles. The summed E-state index contributed by atoms with van der Waals surface area (Å²) in [6.45, 7) is 1.78. The Bertz CT molecular complexity index is 388. The van der Waals surface area contributed by atoms with Gasteiger partial charge in [0.15, 0.2) is 0 Å². The van der Waals surface area contributed by atoms with Gasteiger partial charge >= 0.3 is 5.97 Å². The molecule has 0 radical (unpaired) electrons. The van der Waals surface area contributed by atoms with Crippen molar-refractivity contribution in [2.75, 3.05) is 6.61 Å². The van der Waals surface area contributed by atoms with Gasteiger partial charge in [0.25, 0.3) is 5.56 Å². The molecule has 0 N–H and O–H groups in total. The van der Waals surface area contributed by atoms with Crippen LogP contribution in [0.1, 0.15) is 6.92 Å². The molecule has 1 aromatic rings. The van der Waals surface area contributed by atoms with E-state index >= 15 is 0 Å². The number of halogens is 1. The summed E-state index contributed by atoms with van der Waals surface area (Å²) in [5, 5.41) is 3.92. The summed E-state index contributed by atoms with van der Waals surface area (Å²) in [5.41, 5.74) is -0.425. The van der Waals surface area contributed by atoms with Crippen LogP contribution in [-0.2, 0) is 16.1 Å². The highest BCUT2D eigenvalue weighted by molar-refractivity contribution is 6.30. The summed E-state index contributed by atoms with van der Waals surface area (Å²) >= 11 is 5.52. The van der Waals surface area contributed by atoms with E-state index < -0.39 is 11.5 Å². The van der Waals surface area contributed by atoms with Crippen LogP contribution in [-0.4, -0.2) is 22.4 Å². The highest BCUT2D eigenvalue weighted by Crippen LogP contribution is 1.99. The molecule has 0 aliphatic carbocycles. The molecule has 0 fully saturated rings. The third-order valence-corrected chi connectivity index (χ3v) is 1.63. The molecule has 0 aromatic carbocycles. The summed E-state index contributed by atoms with van der Waals surface area (Å²) in [5.74, 6) is -0.496. The third-order valence-electron chi connectivity index (χ3n) is 1.42. The Kier molecular flexibility index (Phi) is 3.64. The predicted molar refractivity (Wildman–Crippen MR) is 50.1 cm³/mol. The first kappa shape index (κ1) is 10.7. The molecule has 0 aliphatic rings. The minimum absolute atomic E-state index is 0.191. The van der Waals surface area contributed by atoms with Crippen LogP contribution in [0.4, 0.5) is 0 Å². The molecule has 0 bridgehead atoms. The molecule has 0 atom stereocenters. The molecule has 0 amide bonds. The first-order valence-corrected chi connectivity index (χ1v) is 4.39. The average Bonchev–Trinajstić information content (AvgIpc) is 2.10. The van der Waals surface area contributed by atoms with E-state index in [1.54, 1.807) is 6.92 Å². The monoisotopic (exact) mass is 216 g/mol. The molecule has 76 valence electrons. The second-order valence-corrected chi connectivity index (χ2v) is 2.91. The van der Waals surface area contributed by atoms with Crippen molar-refractivity contribution in [3.8, 4) is 0 Å². The van der Waals surface area contributed by atoms with Crippen LogP contribution in [0.3, 0.4) is 0 Å². The van der Waals surface area contributed by atoms with Gasteiger partial charge in [-0.25, -0.2) is 4.68 Å². The highest BCUT2D eigenvalue weighted by Gasteiger charge is 2.05. The summed E-state index contributed by atoms with van der Waals surface area (Å²) in [7, 11) is 0. The standard InChI is InChI=1S/C8H9ClN2O3/c1-2-14-8(13)5-11-7(12)3-6(9)4-10-11/h3-4H,2,5H2,1H3. The summed E-state index contributed by atoms with van der Waals surface area (Å²) in [4.78, 5) is 22.2. The molecular formula is C8H9ClN2O3. The quantitative estimate of drug-likeness (QED) is 0.689. The molecule has 0 spiro atoms. The lowest BCUT2D eigenvalue weighted by Gasteiger charge is -2.03. The Hall–Kier alpha value is -1.36. The van der Waals surface area contributed by atoms with E-state index in [1.807, 2.05) is 0 Å². The summed E-state index contributed by atoms with van der Waals surface area (Å²) < 4.78 is 5.65. The van der Waals surface area contributed by atoms with Crippen LogP contribution >= 0.6 is 11.6 Å². The maximum atomic E-state index is 11.2. The number of esters is 1. The van der Waals surface area contributed by atoms with E-state index in [9.17, 15) is 9.59 Å². The molecule has 6 heteroatoms. The first-order valence-electron chi connectivity index (χ1n) is 4.01. The molecule has 0 aliphatic heterocycles. The number of carbonyl (C=O) groups is 1. The van der Waals surface area contributed by atoms with E-state index in [4.69, 9.17) is 11.6 Å². The van der Waals surface area contributed by atoms with Gasteiger partial charge < -0.3 is 4.74 Å². The minimum atomic E-state index is -0.496. The molecular weight excluding hydrogens is 208 g/mol. The van der Waals surface area contributed by atoms with Crippen molar-refractivity contribution in [3.63, 3.8) is 0 Å². The van der Waals surface area contributed by atoms with Crippen molar-refractivity contribution in [3.05, 3.63) is 27.6 Å². The highest BCUT2D eigenvalue weighted by atomic mass is 35.5. The van der Waals surface area contributed by atoms with Gasteiger partial charge in [-0.2, -0.15) is 5.10 Å². The molecule has 1 heterocycles. The Balaban J connectivity index is 2.77. The van der Waals surface area contributed by atoms with E-state index in [1.165, 1.54) is 12.3 Å². The fourth-order valence-electron chi connectivity index (χ4n) is 0.859. The number of rotatable bonds is 3. The normalized spacial score (nSPS) is 9.86. The van der Waals surface area contributed by atoms with Crippen LogP contribution in [0.5, 0.6) is 0 Å². The number of carbonyl (C=O) groups excluding carboxylic acids is 1. The van der Waals surface area contributed by atoms with Crippen molar-refractivity contribution in [2.24, 2.45) is 0 Å². The zero-order valence-corrected chi connectivity index (χ0v) is 8.32. The fraction of sp³-hybridized carbons (Fsp3) is 0.375. The van der Waals surface area contributed by atoms with Crippen molar-refractivity contribution in [2.45, 2.75) is 13.5 Å². The molecule has 14 heavy (non-hydrogen) atoms. The molecule has 0 unspecified atom stereocenters. The Morgan fingerprint density at radius 1 is 1.71 bits per heavy atom. The van der Waals surface area contributed by atoms with Gasteiger partial charge in [-0.1, -0.05) is 11.6 Å². The topological polar surface area (TPSA) is 61.2 Å². The van der Waals surface area contributed by atoms with Crippen LogP contribution in [0.25, 0.3) is 0 Å². The van der Waals surface area contributed by atoms with E-state index in [0.717, 1.165) is 4.68 Å². The number of nitrogens with zero attached hydrogens (tertiary/aromatic N) is 2. The second-order valence-electron chi connectivity index (χ2n) is 2.47. The fourth-order valence-corrected chi connectivity index (χ4v) is 0.996. The first-order chi connectivity index (χ1) is 6.63. The van der Waals surface area contributed by atoms with Crippen LogP contribution in [0.2, 0.25) is 5.02 Å². The lowest BCUT2D eigenvalue weighted by atomic mass is 10.5. The van der Waals surface area contributed by atoms with E-state index in [2.05, 4.69) is 9.84 Å². The average molecular weight is 217 g/mol. The van der Waals surface area contributed by atoms with Crippen molar-refractivity contribution in [1.82, 2.24) is 9.78 Å². The van der Waals surface area contributed by atoms with Crippen molar-refractivity contribution < 1.29 is 9.53 Å².